The molecule has 1 heterocycles. The Morgan fingerprint density at radius 1 is 1.26 bits per heavy atom. The lowest BCUT2D eigenvalue weighted by Crippen LogP contribution is -2.42. The summed E-state index contributed by atoms with van der Waals surface area (Å²) in [5.74, 6) is -0.868. The molecule has 0 fully saturated rings. The third kappa shape index (κ3) is 2.82. The van der Waals surface area contributed by atoms with Crippen molar-refractivity contribution in [2.75, 3.05) is 5.32 Å². The predicted octanol–water partition coefficient (Wildman–Crippen LogP) is 3.12. The minimum atomic E-state index is -0.640. The molecule has 3 rings (SSSR count). The van der Waals surface area contributed by atoms with Crippen molar-refractivity contribution < 1.29 is 14.0 Å². The highest BCUT2D eigenvalue weighted by molar-refractivity contribution is 6.03. The highest BCUT2D eigenvalue weighted by Gasteiger charge is 2.33. The number of benzene rings is 2. The second-order valence-corrected chi connectivity index (χ2v) is 5.72. The van der Waals surface area contributed by atoms with Crippen molar-refractivity contribution in [3.05, 3.63) is 65.0 Å². The number of amides is 2. The molecule has 0 aromatic heterocycles. The minimum absolute atomic E-state index is 0.154. The van der Waals surface area contributed by atoms with E-state index in [1.807, 2.05) is 12.1 Å². The van der Waals surface area contributed by atoms with E-state index in [2.05, 4.69) is 5.32 Å². The smallest absolute Gasteiger partial charge is 0.255 e. The topological polar surface area (TPSA) is 49.4 Å². The van der Waals surface area contributed by atoms with E-state index in [0.717, 1.165) is 5.56 Å². The van der Waals surface area contributed by atoms with Gasteiger partial charge in [-0.3, -0.25) is 9.59 Å². The molecule has 4 nitrogen and oxygen atoms in total. The van der Waals surface area contributed by atoms with Gasteiger partial charge in [0, 0.05) is 17.8 Å². The molecule has 23 heavy (non-hydrogen) atoms. The van der Waals surface area contributed by atoms with Crippen molar-refractivity contribution >= 4 is 17.5 Å². The fourth-order valence-electron chi connectivity index (χ4n) is 2.65. The van der Waals surface area contributed by atoms with Gasteiger partial charge in [-0.2, -0.15) is 0 Å². The number of nitrogens with zero attached hydrogens (tertiary/aromatic N) is 1. The van der Waals surface area contributed by atoms with E-state index in [0.29, 0.717) is 23.4 Å². The number of carbonyl (C=O) groups is 2. The highest BCUT2D eigenvalue weighted by atomic mass is 19.1. The van der Waals surface area contributed by atoms with Crippen LogP contribution in [0, 0.1) is 12.7 Å². The summed E-state index contributed by atoms with van der Waals surface area (Å²) in [7, 11) is 0. The summed E-state index contributed by atoms with van der Waals surface area (Å²) in [6.45, 7) is 3.74. The third-order valence-corrected chi connectivity index (χ3v) is 4.14. The van der Waals surface area contributed by atoms with E-state index in [4.69, 9.17) is 0 Å². The molecule has 2 amide bonds. The molecule has 1 atom stereocenters. The number of halogens is 1. The molecule has 1 aliphatic heterocycles. The third-order valence-electron chi connectivity index (χ3n) is 4.14. The number of hydrogen-bond acceptors (Lipinski definition) is 2. The summed E-state index contributed by atoms with van der Waals surface area (Å²) in [5, 5.41) is 2.66. The molecule has 118 valence electrons. The van der Waals surface area contributed by atoms with Gasteiger partial charge >= 0.3 is 0 Å². The fraction of sp³-hybridized carbons (Fsp3) is 0.222. The van der Waals surface area contributed by atoms with E-state index in [9.17, 15) is 14.0 Å². The van der Waals surface area contributed by atoms with Crippen LogP contribution in [-0.2, 0) is 11.3 Å². The summed E-state index contributed by atoms with van der Waals surface area (Å²) >= 11 is 0. The molecular weight excluding hydrogens is 295 g/mol. The zero-order chi connectivity index (χ0) is 16.6. The Morgan fingerprint density at radius 3 is 2.70 bits per heavy atom. The lowest BCUT2D eigenvalue weighted by atomic mass is 10.1. The first kappa shape index (κ1) is 15.2. The minimum Gasteiger partial charge on any atom is -0.324 e. The number of rotatable bonds is 3. The van der Waals surface area contributed by atoms with E-state index >= 15 is 0 Å². The lowest BCUT2D eigenvalue weighted by molar-refractivity contribution is -0.120. The van der Waals surface area contributed by atoms with Crippen LogP contribution in [0.3, 0.4) is 0 Å². The Bertz CT molecular complexity index is 788. The molecule has 1 aliphatic rings. The molecule has 0 aliphatic carbocycles. The van der Waals surface area contributed by atoms with Gasteiger partial charge in [0.15, 0.2) is 0 Å². The second kappa shape index (κ2) is 5.83. The molecule has 0 radical (unpaired) electrons. The van der Waals surface area contributed by atoms with Crippen LogP contribution < -0.4 is 5.32 Å². The van der Waals surface area contributed by atoms with Gasteiger partial charge in [0.1, 0.15) is 11.9 Å². The number of aryl methyl sites for hydroxylation is 1. The first-order valence-corrected chi connectivity index (χ1v) is 7.43. The highest BCUT2D eigenvalue weighted by Crippen LogP contribution is 2.25. The van der Waals surface area contributed by atoms with Gasteiger partial charge in [0.05, 0.1) is 0 Å². The van der Waals surface area contributed by atoms with Crippen molar-refractivity contribution in [2.45, 2.75) is 26.4 Å². The summed E-state index contributed by atoms with van der Waals surface area (Å²) < 4.78 is 13.6. The van der Waals surface area contributed by atoms with Gasteiger partial charge in [0.2, 0.25) is 5.91 Å². The van der Waals surface area contributed by atoms with Crippen LogP contribution in [0.5, 0.6) is 0 Å². The molecule has 2 aromatic rings. The first-order chi connectivity index (χ1) is 11.0. The molecule has 0 saturated carbocycles. The van der Waals surface area contributed by atoms with E-state index in [-0.39, 0.29) is 17.6 Å². The van der Waals surface area contributed by atoms with Gasteiger partial charge in [-0.25, -0.2) is 4.39 Å². The fourth-order valence-corrected chi connectivity index (χ4v) is 2.65. The maximum Gasteiger partial charge on any atom is 0.255 e. The maximum absolute atomic E-state index is 13.6. The Balaban J connectivity index is 1.73. The Kier molecular flexibility index (Phi) is 3.86. The van der Waals surface area contributed by atoms with Crippen molar-refractivity contribution in [2.24, 2.45) is 0 Å². The summed E-state index contributed by atoms with van der Waals surface area (Å²) in [6, 6.07) is 11.2. The van der Waals surface area contributed by atoms with Crippen LogP contribution in [-0.4, -0.2) is 22.8 Å². The maximum atomic E-state index is 13.6. The van der Waals surface area contributed by atoms with Crippen LogP contribution >= 0.6 is 0 Å². The van der Waals surface area contributed by atoms with Crippen LogP contribution in [0.15, 0.2) is 42.5 Å². The molecule has 0 saturated heterocycles. The van der Waals surface area contributed by atoms with Crippen LogP contribution in [0.1, 0.15) is 28.4 Å². The number of anilines is 1. The second-order valence-electron chi connectivity index (χ2n) is 5.72. The van der Waals surface area contributed by atoms with E-state index in [1.165, 1.54) is 11.0 Å². The molecule has 0 spiro atoms. The first-order valence-electron chi connectivity index (χ1n) is 7.43. The lowest BCUT2D eigenvalue weighted by Gasteiger charge is -2.23. The standard InChI is InChI=1S/C18H17FN2O2/c1-11-7-8-14(9-16(11)19)20-17(22)12(2)21-10-13-5-3-4-6-15(13)18(21)23/h3-9,12H,10H2,1-2H3,(H,20,22)/t12-/m0/s1. The average Bonchev–Trinajstić information content (AvgIpc) is 2.87. The number of nitrogens with one attached hydrogen (secondary N) is 1. The Hall–Kier alpha value is -2.69. The zero-order valence-electron chi connectivity index (χ0n) is 13.0. The largest absolute Gasteiger partial charge is 0.324 e. The van der Waals surface area contributed by atoms with Gasteiger partial charge < -0.3 is 10.2 Å². The van der Waals surface area contributed by atoms with Gasteiger partial charge in [-0.1, -0.05) is 24.3 Å². The molecule has 0 bridgehead atoms. The van der Waals surface area contributed by atoms with Gasteiger partial charge in [-0.05, 0) is 43.2 Å². The number of fused-ring (bicyclic) bond motifs is 1. The molecule has 2 aromatic carbocycles. The molecule has 0 unspecified atom stereocenters. The van der Waals surface area contributed by atoms with Crippen LogP contribution in [0.4, 0.5) is 10.1 Å². The number of hydrogen-bond donors (Lipinski definition) is 1. The van der Waals surface area contributed by atoms with Crippen molar-refractivity contribution in [3.8, 4) is 0 Å². The van der Waals surface area contributed by atoms with Crippen LogP contribution in [0.25, 0.3) is 0 Å². The number of carbonyl (C=O) groups excluding carboxylic acids is 2. The van der Waals surface area contributed by atoms with Crippen LogP contribution in [0.2, 0.25) is 0 Å². The SMILES string of the molecule is Cc1ccc(NC(=O)[C@H](C)N2Cc3ccccc3C2=O)cc1F. The van der Waals surface area contributed by atoms with E-state index < -0.39 is 6.04 Å². The monoisotopic (exact) mass is 312 g/mol. The van der Waals surface area contributed by atoms with Crippen molar-refractivity contribution in [1.29, 1.82) is 0 Å². The van der Waals surface area contributed by atoms with Gasteiger partial charge in [-0.15, -0.1) is 0 Å². The zero-order valence-corrected chi connectivity index (χ0v) is 13.0. The summed E-state index contributed by atoms with van der Waals surface area (Å²) in [4.78, 5) is 26.3. The van der Waals surface area contributed by atoms with Crippen molar-refractivity contribution in [3.63, 3.8) is 0 Å². The molecule has 5 heteroatoms. The normalized spacial score (nSPS) is 14.6. The predicted molar refractivity (Wildman–Crippen MR) is 85.5 cm³/mol. The summed E-state index contributed by atoms with van der Waals surface area (Å²) in [5.41, 5.74) is 2.45. The quantitative estimate of drug-likeness (QED) is 0.946. The van der Waals surface area contributed by atoms with Gasteiger partial charge in [0.25, 0.3) is 5.91 Å². The Labute approximate surface area is 133 Å². The average molecular weight is 312 g/mol. The molecule has 1 N–H and O–H groups in total. The van der Waals surface area contributed by atoms with Crippen molar-refractivity contribution in [1.82, 2.24) is 4.90 Å². The molecular formula is C18H17FN2O2. The Morgan fingerprint density at radius 2 is 2.00 bits per heavy atom. The van der Waals surface area contributed by atoms with E-state index in [1.54, 1.807) is 38.1 Å². The summed E-state index contributed by atoms with van der Waals surface area (Å²) in [6.07, 6.45) is 0.